The highest BCUT2D eigenvalue weighted by Crippen LogP contribution is 2.25. The minimum Gasteiger partial charge on any atom is -0.229 e. The van der Waals surface area contributed by atoms with Gasteiger partial charge in [0.1, 0.15) is 9.84 Å². The van der Waals surface area contributed by atoms with Crippen LogP contribution in [0.2, 0.25) is 0 Å². The second-order valence-corrected chi connectivity index (χ2v) is 9.93. The molecule has 0 aromatic heterocycles. The number of hydrogen-bond donors (Lipinski definition) is 0. The minimum absolute atomic E-state index is 0.257. The van der Waals surface area contributed by atoms with Crippen molar-refractivity contribution in [1.82, 2.24) is 4.31 Å². The summed E-state index contributed by atoms with van der Waals surface area (Å²) >= 11 is 0. The molecule has 0 amide bonds. The van der Waals surface area contributed by atoms with Crippen molar-refractivity contribution in [2.45, 2.75) is 36.8 Å². The van der Waals surface area contributed by atoms with Gasteiger partial charge in [0.25, 0.3) is 0 Å². The summed E-state index contributed by atoms with van der Waals surface area (Å²) < 4.78 is 49.8. The standard InChI is InChI=1S/C14H21NO4S2/c1-11-4-5-14(12(2)10-11)21(18,19)15-8-6-13(7-9-15)20(3,16)17/h4-5,10,13H,6-9H2,1-3H3. The van der Waals surface area contributed by atoms with Gasteiger partial charge in [-0.3, -0.25) is 0 Å². The van der Waals surface area contributed by atoms with Gasteiger partial charge in [0, 0.05) is 19.3 Å². The summed E-state index contributed by atoms with van der Waals surface area (Å²) in [6.07, 6.45) is 1.94. The molecule has 0 aliphatic carbocycles. The van der Waals surface area contributed by atoms with E-state index in [0.717, 1.165) is 11.1 Å². The van der Waals surface area contributed by atoms with Crippen molar-refractivity contribution in [1.29, 1.82) is 0 Å². The van der Waals surface area contributed by atoms with Crippen molar-refractivity contribution in [3.05, 3.63) is 29.3 Å². The van der Waals surface area contributed by atoms with E-state index in [0.29, 0.717) is 17.7 Å². The van der Waals surface area contributed by atoms with Crippen LogP contribution >= 0.6 is 0 Å². The zero-order valence-corrected chi connectivity index (χ0v) is 14.2. The molecular formula is C14H21NO4S2. The van der Waals surface area contributed by atoms with Crippen LogP contribution in [0.4, 0.5) is 0 Å². The number of sulfonamides is 1. The van der Waals surface area contributed by atoms with E-state index in [4.69, 9.17) is 0 Å². The largest absolute Gasteiger partial charge is 0.243 e. The van der Waals surface area contributed by atoms with Crippen molar-refractivity contribution in [3.8, 4) is 0 Å². The first-order valence-electron chi connectivity index (χ1n) is 6.88. The molecule has 1 aromatic rings. The van der Waals surface area contributed by atoms with E-state index < -0.39 is 25.1 Å². The normalized spacial score (nSPS) is 18.8. The van der Waals surface area contributed by atoms with Gasteiger partial charge in [-0.1, -0.05) is 17.7 Å². The Labute approximate surface area is 126 Å². The molecule has 21 heavy (non-hydrogen) atoms. The summed E-state index contributed by atoms with van der Waals surface area (Å²) in [7, 11) is -6.63. The van der Waals surface area contributed by atoms with Gasteiger partial charge >= 0.3 is 0 Å². The zero-order chi connectivity index (χ0) is 15.8. The van der Waals surface area contributed by atoms with Gasteiger partial charge in [-0.25, -0.2) is 16.8 Å². The van der Waals surface area contributed by atoms with E-state index in [9.17, 15) is 16.8 Å². The Kier molecular flexibility index (Phi) is 4.46. The molecule has 2 rings (SSSR count). The molecule has 1 aliphatic rings. The third kappa shape index (κ3) is 3.46. The lowest BCUT2D eigenvalue weighted by Crippen LogP contribution is -2.42. The summed E-state index contributed by atoms with van der Waals surface area (Å²) in [4.78, 5) is 0.311. The lowest BCUT2D eigenvalue weighted by atomic mass is 10.2. The van der Waals surface area contributed by atoms with E-state index in [-0.39, 0.29) is 13.1 Å². The Morgan fingerprint density at radius 1 is 1.05 bits per heavy atom. The Balaban J connectivity index is 2.23. The fourth-order valence-electron chi connectivity index (χ4n) is 2.73. The molecule has 0 bridgehead atoms. The predicted octanol–water partition coefficient (Wildman–Crippen LogP) is 1.50. The number of aryl methyl sites for hydroxylation is 2. The van der Waals surface area contributed by atoms with Crippen LogP contribution in [-0.4, -0.2) is 45.7 Å². The molecule has 118 valence electrons. The van der Waals surface area contributed by atoms with Crippen molar-refractivity contribution in [2.75, 3.05) is 19.3 Å². The van der Waals surface area contributed by atoms with Gasteiger partial charge in [0.15, 0.2) is 0 Å². The number of rotatable bonds is 3. The van der Waals surface area contributed by atoms with Crippen LogP contribution in [0.3, 0.4) is 0 Å². The second-order valence-electron chi connectivity index (χ2n) is 5.70. The van der Waals surface area contributed by atoms with Crippen LogP contribution in [0, 0.1) is 13.8 Å². The highest BCUT2D eigenvalue weighted by atomic mass is 32.2. The van der Waals surface area contributed by atoms with E-state index in [1.165, 1.54) is 10.6 Å². The third-order valence-corrected chi connectivity index (χ3v) is 7.70. The summed E-state index contributed by atoms with van der Waals surface area (Å²) in [5, 5.41) is -0.428. The lowest BCUT2D eigenvalue weighted by molar-refractivity contribution is 0.346. The summed E-state index contributed by atoms with van der Waals surface area (Å²) in [5.74, 6) is 0. The number of piperidine rings is 1. The summed E-state index contributed by atoms with van der Waals surface area (Å²) in [5.41, 5.74) is 1.74. The maximum Gasteiger partial charge on any atom is 0.243 e. The molecule has 0 spiro atoms. The molecule has 0 N–H and O–H groups in total. The van der Waals surface area contributed by atoms with Crippen molar-refractivity contribution >= 4 is 19.9 Å². The van der Waals surface area contributed by atoms with Crippen molar-refractivity contribution in [2.24, 2.45) is 0 Å². The Bertz CT molecular complexity index is 730. The molecule has 0 radical (unpaired) electrons. The van der Waals surface area contributed by atoms with Crippen LogP contribution in [0.5, 0.6) is 0 Å². The number of sulfone groups is 1. The molecule has 1 aliphatic heterocycles. The molecule has 1 saturated heterocycles. The molecule has 7 heteroatoms. The first kappa shape index (κ1) is 16.5. The first-order valence-corrected chi connectivity index (χ1v) is 10.3. The summed E-state index contributed by atoms with van der Waals surface area (Å²) in [6, 6.07) is 5.25. The molecule has 1 fully saturated rings. The molecular weight excluding hydrogens is 310 g/mol. The molecule has 0 unspecified atom stereocenters. The fourth-order valence-corrected chi connectivity index (χ4v) is 5.47. The van der Waals surface area contributed by atoms with Crippen LogP contribution < -0.4 is 0 Å². The van der Waals surface area contributed by atoms with Gasteiger partial charge in [-0.05, 0) is 38.3 Å². The number of benzene rings is 1. The average Bonchev–Trinajstić information content (AvgIpc) is 2.37. The minimum atomic E-state index is -3.54. The van der Waals surface area contributed by atoms with E-state index in [1.54, 1.807) is 19.1 Å². The van der Waals surface area contributed by atoms with Gasteiger partial charge in [-0.2, -0.15) is 4.31 Å². The molecule has 0 atom stereocenters. The second kappa shape index (κ2) is 5.70. The van der Waals surface area contributed by atoms with Crippen molar-refractivity contribution < 1.29 is 16.8 Å². The maximum atomic E-state index is 12.7. The van der Waals surface area contributed by atoms with Gasteiger partial charge in [0.05, 0.1) is 10.1 Å². The Hall–Kier alpha value is -0.920. The first-order chi connectivity index (χ1) is 9.62. The predicted molar refractivity (Wildman–Crippen MR) is 82.5 cm³/mol. The van der Waals surface area contributed by atoms with Gasteiger partial charge in [0.2, 0.25) is 10.0 Å². The SMILES string of the molecule is Cc1ccc(S(=O)(=O)N2CCC(S(C)(=O)=O)CC2)c(C)c1. The molecule has 5 nitrogen and oxygen atoms in total. The number of hydrogen-bond acceptors (Lipinski definition) is 4. The highest BCUT2D eigenvalue weighted by molar-refractivity contribution is 7.91. The maximum absolute atomic E-state index is 12.7. The Morgan fingerprint density at radius 2 is 1.62 bits per heavy atom. The fraction of sp³-hybridized carbons (Fsp3) is 0.571. The van der Waals surface area contributed by atoms with Crippen molar-refractivity contribution in [3.63, 3.8) is 0 Å². The van der Waals surface area contributed by atoms with Crippen LogP contribution in [0.15, 0.2) is 23.1 Å². The third-order valence-electron chi connectivity index (χ3n) is 3.95. The van der Waals surface area contributed by atoms with Crippen LogP contribution in [0.1, 0.15) is 24.0 Å². The smallest absolute Gasteiger partial charge is 0.229 e. The average molecular weight is 331 g/mol. The zero-order valence-electron chi connectivity index (χ0n) is 12.5. The Morgan fingerprint density at radius 3 is 2.10 bits per heavy atom. The van der Waals surface area contributed by atoms with E-state index in [2.05, 4.69) is 0 Å². The van der Waals surface area contributed by atoms with Crippen LogP contribution in [0.25, 0.3) is 0 Å². The lowest BCUT2D eigenvalue weighted by Gasteiger charge is -2.30. The topological polar surface area (TPSA) is 71.5 Å². The van der Waals surface area contributed by atoms with Gasteiger partial charge in [-0.15, -0.1) is 0 Å². The molecule has 0 saturated carbocycles. The van der Waals surface area contributed by atoms with E-state index in [1.807, 2.05) is 13.0 Å². The highest BCUT2D eigenvalue weighted by Gasteiger charge is 2.33. The van der Waals surface area contributed by atoms with Crippen LogP contribution in [-0.2, 0) is 19.9 Å². The molecule has 1 aromatic carbocycles. The monoisotopic (exact) mass is 331 g/mol. The van der Waals surface area contributed by atoms with Gasteiger partial charge < -0.3 is 0 Å². The molecule has 1 heterocycles. The number of nitrogens with zero attached hydrogens (tertiary/aromatic N) is 1. The quantitative estimate of drug-likeness (QED) is 0.841. The van der Waals surface area contributed by atoms with E-state index >= 15 is 0 Å². The summed E-state index contributed by atoms with van der Waals surface area (Å²) in [6.45, 7) is 4.21.